The molecule has 0 aliphatic carbocycles. The molecule has 0 heterocycles. The average Bonchev–Trinajstić information content (AvgIpc) is 2.30. The minimum Gasteiger partial charge on any atom is -0.463 e. The van der Waals surface area contributed by atoms with Crippen LogP contribution < -0.4 is 5.73 Å². The normalized spacial score (nSPS) is 12.3. The first kappa shape index (κ1) is 13.2. The van der Waals surface area contributed by atoms with E-state index in [-0.39, 0.29) is 12.2 Å². The number of alkyl halides is 2. The molecule has 3 nitrogen and oxygen atoms in total. The Labute approximate surface area is 97.9 Å². The summed E-state index contributed by atoms with van der Waals surface area (Å²) in [5.41, 5.74) is 4.13. The van der Waals surface area contributed by atoms with Gasteiger partial charge in [-0.2, -0.15) is 8.78 Å². The first-order chi connectivity index (χ1) is 7.98. The zero-order valence-corrected chi connectivity index (χ0v) is 9.32. The summed E-state index contributed by atoms with van der Waals surface area (Å²) in [6, 6.07) is 7.05. The molecule has 92 valence electrons. The highest BCUT2D eigenvalue weighted by Crippen LogP contribution is 2.32. The molecule has 0 amide bonds. The SMILES string of the molecule is CCOC(=O)C=C(N)C(F)(F)c1ccccc1. The molecule has 0 radical (unpaired) electrons. The van der Waals surface area contributed by atoms with Gasteiger partial charge in [0.1, 0.15) is 0 Å². The molecule has 0 saturated heterocycles. The van der Waals surface area contributed by atoms with E-state index in [2.05, 4.69) is 4.74 Å². The number of carbonyl (C=O) groups excluding carboxylic acids is 1. The zero-order valence-electron chi connectivity index (χ0n) is 9.32. The molecule has 1 aromatic rings. The number of hydrogen-bond acceptors (Lipinski definition) is 3. The van der Waals surface area contributed by atoms with E-state index in [4.69, 9.17) is 5.73 Å². The van der Waals surface area contributed by atoms with Gasteiger partial charge in [0.15, 0.2) is 0 Å². The maximum Gasteiger partial charge on any atom is 0.332 e. The van der Waals surface area contributed by atoms with Crippen LogP contribution in [0.15, 0.2) is 42.1 Å². The average molecular weight is 241 g/mol. The van der Waals surface area contributed by atoms with Gasteiger partial charge in [0.2, 0.25) is 0 Å². The van der Waals surface area contributed by atoms with Crippen LogP contribution in [0.2, 0.25) is 0 Å². The monoisotopic (exact) mass is 241 g/mol. The van der Waals surface area contributed by atoms with Gasteiger partial charge in [0.05, 0.1) is 12.3 Å². The topological polar surface area (TPSA) is 52.3 Å². The van der Waals surface area contributed by atoms with Gasteiger partial charge in [-0.15, -0.1) is 0 Å². The fraction of sp³-hybridized carbons (Fsp3) is 0.250. The second-order valence-corrected chi connectivity index (χ2v) is 3.29. The van der Waals surface area contributed by atoms with Crippen LogP contribution >= 0.6 is 0 Å². The van der Waals surface area contributed by atoms with Crippen LogP contribution in [0.4, 0.5) is 8.78 Å². The predicted molar refractivity (Wildman–Crippen MR) is 59.2 cm³/mol. The van der Waals surface area contributed by atoms with E-state index in [0.717, 1.165) is 0 Å². The minimum absolute atomic E-state index is 0.111. The van der Waals surface area contributed by atoms with Crippen molar-refractivity contribution in [3.05, 3.63) is 47.7 Å². The van der Waals surface area contributed by atoms with E-state index in [1.54, 1.807) is 13.0 Å². The van der Waals surface area contributed by atoms with Crippen LogP contribution in [0.5, 0.6) is 0 Å². The number of allylic oxidation sites excluding steroid dienone is 1. The van der Waals surface area contributed by atoms with E-state index in [0.29, 0.717) is 6.08 Å². The van der Waals surface area contributed by atoms with Gasteiger partial charge in [-0.25, -0.2) is 4.79 Å². The molecule has 0 spiro atoms. The lowest BCUT2D eigenvalue weighted by molar-refractivity contribution is -0.137. The number of carbonyl (C=O) groups is 1. The van der Waals surface area contributed by atoms with E-state index in [1.807, 2.05) is 0 Å². The van der Waals surface area contributed by atoms with Crippen LogP contribution in [-0.2, 0) is 15.5 Å². The van der Waals surface area contributed by atoms with Crippen molar-refractivity contribution in [2.45, 2.75) is 12.8 Å². The Kier molecular flexibility index (Phi) is 4.20. The molecule has 0 aliphatic rings. The Morgan fingerprint density at radius 1 is 1.41 bits per heavy atom. The fourth-order valence-electron chi connectivity index (χ4n) is 1.22. The van der Waals surface area contributed by atoms with Crippen LogP contribution in [0.3, 0.4) is 0 Å². The number of rotatable bonds is 4. The molecule has 1 rings (SSSR count). The number of benzene rings is 1. The number of halogens is 2. The van der Waals surface area contributed by atoms with Gasteiger partial charge in [-0.1, -0.05) is 30.3 Å². The number of nitrogens with two attached hydrogens (primary N) is 1. The van der Waals surface area contributed by atoms with Crippen molar-refractivity contribution >= 4 is 5.97 Å². The highest BCUT2D eigenvalue weighted by Gasteiger charge is 2.35. The van der Waals surface area contributed by atoms with Crippen LogP contribution in [0.1, 0.15) is 12.5 Å². The van der Waals surface area contributed by atoms with Gasteiger partial charge >= 0.3 is 11.9 Å². The van der Waals surface area contributed by atoms with Crippen LogP contribution in [-0.4, -0.2) is 12.6 Å². The maximum atomic E-state index is 13.7. The Balaban J connectivity index is 2.94. The van der Waals surface area contributed by atoms with Gasteiger partial charge in [0.25, 0.3) is 0 Å². The first-order valence-corrected chi connectivity index (χ1v) is 5.06. The Morgan fingerprint density at radius 2 is 2.00 bits per heavy atom. The Morgan fingerprint density at radius 3 is 2.53 bits per heavy atom. The third kappa shape index (κ3) is 3.27. The smallest absolute Gasteiger partial charge is 0.332 e. The fourth-order valence-corrected chi connectivity index (χ4v) is 1.22. The van der Waals surface area contributed by atoms with Crippen molar-refractivity contribution in [1.82, 2.24) is 0 Å². The Bertz CT molecular complexity index is 416. The number of esters is 1. The third-order valence-corrected chi connectivity index (χ3v) is 2.06. The molecular weight excluding hydrogens is 228 g/mol. The highest BCUT2D eigenvalue weighted by atomic mass is 19.3. The van der Waals surface area contributed by atoms with E-state index >= 15 is 0 Å². The summed E-state index contributed by atoms with van der Waals surface area (Å²) in [6.07, 6.45) is 0.608. The van der Waals surface area contributed by atoms with Crippen LogP contribution in [0, 0.1) is 0 Å². The molecule has 2 N–H and O–H groups in total. The van der Waals surface area contributed by atoms with Crippen LogP contribution in [0.25, 0.3) is 0 Å². The molecule has 0 bridgehead atoms. The summed E-state index contributed by atoms with van der Waals surface area (Å²) in [6.45, 7) is 1.69. The molecule has 1 aromatic carbocycles. The minimum atomic E-state index is -3.38. The molecule has 0 aliphatic heterocycles. The van der Waals surface area contributed by atoms with Crippen molar-refractivity contribution in [1.29, 1.82) is 0 Å². The molecule has 0 fully saturated rings. The second-order valence-electron chi connectivity index (χ2n) is 3.29. The van der Waals surface area contributed by atoms with Gasteiger partial charge < -0.3 is 10.5 Å². The summed E-state index contributed by atoms with van der Waals surface area (Å²) in [4.78, 5) is 11.0. The van der Waals surface area contributed by atoms with Crippen molar-refractivity contribution in [2.24, 2.45) is 5.73 Å². The summed E-state index contributed by atoms with van der Waals surface area (Å²) in [5, 5.41) is 0. The van der Waals surface area contributed by atoms with Crippen molar-refractivity contribution in [2.75, 3.05) is 6.61 Å². The largest absolute Gasteiger partial charge is 0.463 e. The summed E-state index contributed by atoms with van der Waals surface area (Å²) in [7, 11) is 0. The summed E-state index contributed by atoms with van der Waals surface area (Å²) in [5.74, 6) is -4.26. The standard InChI is InChI=1S/C12H13F2NO2/c1-2-17-11(16)8-10(15)12(13,14)9-6-4-3-5-7-9/h3-8H,2,15H2,1H3. The maximum absolute atomic E-state index is 13.7. The van der Waals surface area contributed by atoms with E-state index < -0.39 is 17.6 Å². The third-order valence-electron chi connectivity index (χ3n) is 2.06. The molecule has 17 heavy (non-hydrogen) atoms. The second kappa shape index (κ2) is 5.43. The zero-order chi connectivity index (χ0) is 12.9. The summed E-state index contributed by atoms with van der Waals surface area (Å²) >= 11 is 0. The summed E-state index contributed by atoms with van der Waals surface area (Å²) < 4.78 is 32.0. The molecule has 0 aromatic heterocycles. The van der Waals surface area contributed by atoms with Crippen molar-refractivity contribution < 1.29 is 18.3 Å². The molecule has 5 heteroatoms. The molecular formula is C12H13F2NO2. The van der Waals surface area contributed by atoms with Gasteiger partial charge in [-0.05, 0) is 6.92 Å². The Hall–Kier alpha value is -1.91. The lowest BCUT2D eigenvalue weighted by Crippen LogP contribution is -2.24. The van der Waals surface area contributed by atoms with Gasteiger partial charge in [-0.3, -0.25) is 0 Å². The highest BCUT2D eigenvalue weighted by molar-refractivity contribution is 5.83. The molecule has 0 unspecified atom stereocenters. The molecule has 0 atom stereocenters. The van der Waals surface area contributed by atoms with Crippen molar-refractivity contribution in [3.63, 3.8) is 0 Å². The molecule has 0 saturated carbocycles. The van der Waals surface area contributed by atoms with E-state index in [1.165, 1.54) is 24.3 Å². The lowest BCUT2D eigenvalue weighted by Gasteiger charge is -2.16. The van der Waals surface area contributed by atoms with E-state index in [9.17, 15) is 13.6 Å². The first-order valence-electron chi connectivity index (χ1n) is 5.06. The van der Waals surface area contributed by atoms with Gasteiger partial charge in [0, 0.05) is 11.6 Å². The number of ether oxygens (including phenoxy) is 1. The quantitative estimate of drug-likeness (QED) is 0.649. The number of hydrogen-bond donors (Lipinski definition) is 1. The van der Waals surface area contributed by atoms with Crippen molar-refractivity contribution in [3.8, 4) is 0 Å². The lowest BCUT2D eigenvalue weighted by atomic mass is 10.1. The predicted octanol–water partition coefficient (Wildman–Crippen LogP) is 2.18.